The number of halogens is 1. The Morgan fingerprint density at radius 3 is 2.89 bits per heavy atom. The van der Waals surface area contributed by atoms with Gasteiger partial charge in [-0.2, -0.15) is 0 Å². The molecule has 9 heavy (non-hydrogen) atoms. The first-order chi connectivity index (χ1) is 4.34. The van der Waals surface area contributed by atoms with Crippen LogP contribution in [-0.4, -0.2) is 24.8 Å². The maximum atomic E-state index is 5.27. The fourth-order valence-corrected chi connectivity index (χ4v) is 1.63. The fraction of sp³-hybridized carbons (Fsp3) is 1.00. The minimum absolute atomic E-state index is 0.0289. The first kappa shape index (κ1) is 7.51. The molecule has 1 aliphatic rings. The molecule has 1 heterocycles. The number of ether oxygens (including phenoxy) is 2. The lowest BCUT2D eigenvalue weighted by Gasteiger charge is -2.25. The molecule has 1 rings (SSSR count). The zero-order valence-electron chi connectivity index (χ0n) is 5.47. The summed E-state index contributed by atoms with van der Waals surface area (Å²) in [5.74, 6) is 0. The third kappa shape index (κ3) is 1.92. The highest BCUT2D eigenvalue weighted by Crippen LogP contribution is 2.20. The second-order valence-corrected chi connectivity index (χ2v) is 3.31. The first-order valence-electron chi connectivity index (χ1n) is 3.13. The van der Waals surface area contributed by atoms with E-state index in [0.717, 1.165) is 19.4 Å². The molecule has 0 spiro atoms. The van der Waals surface area contributed by atoms with Crippen LogP contribution >= 0.6 is 15.9 Å². The van der Waals surface area contributed by atoms with E-state index in [2.05, 4.69) is 15.9 Å². The normalized spacial score (nSPS) is 36.7. The standard InChI is InChI=1S/C6H11BrO2/c1-8-6-5(7)3-2-4-9-6/h5-6H,2-4H2,1H3/t5-,6+/m1/s1. The Labute approximate surface area is 63.7 Å². The van der Waals surface area contributed by atoms with Crippen molar-refractivity contribution in [1.82, 2.24) is 0 Å². The molecule has 0 aromatic heterocycles. The van der Waals surface area contributed by atoms with Crippen molar-refractivity contribution in [2.24, 2.45) is 0 Å². The van der Waals surface area contributed by atoms with Crippen molar-refractivity contribution in [3.63, 3.8) is 0 Å². The molecule has 0 radical (unpaired) electrons. The van der Waals surface area contributed by atoms with E-state index in [9.17, 15) is 0 Å². The second-order valence-electron chi connectivity index (χ2n) is 2.13. The van der Waals surface area contributed by atoms with Gasteiger partial charge in [0.1, 0.15) is 0 Å². The van der Waals surface area contributed by atoms with Gasteiger partial charge in [-0.15, -0.1) is 0 Å². The number of methoxy groups -OCH3 is 1. The topological polar surface area (TPSA) is 18.5 Å². The highest BCUT2D eigenvalue weighted by atomic mass is 79.9. The van der Waals surface area contributed by atoms with E-state index in [-0.39, 0.29) is 6.29 Å². The van der Waals surface area contributed by atoms with E-state index < -0.39 is 0 Å². The zero-order chi connectivity index (χ0) is 6.69. The largest absolute Gasteiger partial charge is 0.355 e. The highest BCUT2D eigenvalue weighted by Gasteiger charge is 2.22. The van der Waals surface area contributed by atoms with Crippen LogP contribution < -0.4 is 0 Å². The Bertz CT molecular complexity index is 87.1. The van der Waals surface area contributed by atoms with Crippen molar-refractivity contribution in [2.45, 2.75) is 24.0 Å². The predicted octanol–water partition coefficient (Wildman–Crippen LogP) is 1.53. The van der Waals surface area contributed by atoms with Crippen molar-refractivity contribution in [2.75, 3.05) is 13.7 Å². The Balaban J connectivity index is 2.30. The molecule has 2 nitrogen and oxygen atoms in total. The molecule has 0 bridgehead atoms. The van der Waals surface area contributed by atoms with Gasteiger partial charge in [-0.1, -0.05) is 15.9 Å². The van der Waals surface area contributed by atoms with Gasteiger partial charge in [-0.05, 0) is 12.8 Å². The molecule has 54 valence electrons. The smallest absolute Gasteiger partial charge is 0.169 e. The van der Waals surface area contributed by atoms with Gasteiger partial charge < -0.3 is 9.47 Å². The van der Waals surface area contributed by atoms with Crippen molar-refractivity contribution in [1.29, 1.82) is 0 Å². The molecule has 1 aliphatic heterocycles. The average Bonchev–Trinajstić information content (AvgIpc) is 1.89. The van der Waals surface area contributed by atoms with Gasteiger partial charge in [-0.3, -0.25) is 0 Å². The minimum Gasteiger partial charge on any atom is -0.355 e. The van der Waals surface area contributed by atoms with E-state index in [4.69, 9.17) is 9.47 Å². The molecule has 0 amide bonds. The number of hydrogen-bond donors (Lipinski definition) is 0. The summed E-state index contributed by atoms with van der Waals surface area (Å²) >= 11 is 3.46. The molecule has 0 saturated carbocycles. The lowest BCUT2D eigenvalue weighted by molar-refractivity contribution is -0.139. The van der Waals surface area contributed by atoms with Crippen LogP contribution in [0.2, 0.25) is 0 Å². The SMILES string of the molecule is CO[C@H]1OCCC[C@H]1Br. The molecule has 0 unspecified atom stereocenters. The van der Waals surface area contributed by atoms with Gasteiger partial charge in [0, 0.05) is 13.7 Å². The fourth-order valence-electron chi connectivity index (χ4n) is 0.934. The maximum Gasteiger partial charge on any atom is 0.169 e. The third-order valence-corrected chi connectivity index (χ3v) is 2.32. The van der Waals surface area contributed by atoms with E-state index in [1.54, 1.807) is 7.11 Å². The lowest BCUT2D eigenvalue weighted by atomic mass is 10.2. The molecule has 0 aliphatic carbocycles. The Morgan fingerprint density at radius 1 is 1.67 bits per heavy atom. The molecule has 0 aromatic rings. The van der Waals surface area contributed by atoms with Crippen molar-refractivity contribution in [3.05, 3.63) is 0 Å². The summed E-state index contributed by atoms with van der Waals surface area (Å²) in [5.41, 5.74) is 0. The quantitative estimate of drug-likeness (QED) is 0.590. The molecular formula is C6H11BrO2. The minimum atomic E-state index is -0.0289. The summed E-state index contributed by atoms with van der Waals surface area (Å²) in [4.78, 5) is 0.385. The number of rotatable bonds is 1. The van der Waals surface area contributed by atoms with E-state index in [1.165, 1.54) is 0 Å². The van der Waals surface area contributed by atoms with Gasteiger partial charge in [0.25, 0.3) is 0 Å². The first-order valence-corrected chi connectivity index (χ1v) is 4.04. The van der Waals surface area contributed by atoms with Crippen molar-refractivity contribution < 1.29 is 9.47 Å². The van der Waals surface area contributed by atoms with Gasteiger partial charge >= 0.3 is 0 Å². The van der Waals surface area contributed by atoms with E-state index in [0.29, 0.717) is 4.83 Å². The van der Waals surface area contributed by atoms with Crippen LogP contribution in [0, 0.1) is 0 Å². The second kappa shape index (κ2) is 3.54. The van der Waals surface area contributed by atoms with Crippen LogP contribution in [-0.2, 0) is 9.47 Å². The van der Waals surface area contributed by atoms with Gasteiger partial charge in [0.2, 0.25) is 0 Å². The molecule has 0 N–H and O–H groups in total. The number of hydrogen-bond acceptors (Lipinski definition) is 2. The highest BCUT2D eigenvalue weighted by molar-refractivity contribution is 9.09. The third-order valence-electron chi connectivity index (χ3n) is 1.43. The van der Waals surface area contributed by atoms with Crippen LogP contribution in [0.5, 0.6) is 0 Å². The molecule has 1 saturated heterocycles. The van der Waals surface area contributed by atoms with Crippen LogP contribution in [0.4, 0.5) is 0 Å². The summed E-state index contributed by atoms with van der Waals surface area (Å²) in [6.45, 7) is 0.834. The van der Waals surface area contributed by atoms with Gasteiger partial charge in [-0.25, -0.2) is 0 Å². The zero-order valence-corrected chi connectivity index (χ0v) is 7.06. The Morgan fingerprint density at radius 2 is 2.44 bits per heavy atom. The molecule has 2 atom stereocenters. The number of alkyl halides is 1. The van der Waals surface area contributed by atoms with E-state index >= 15 is 0 Å². The molecular weight excluding hydrogens is 184 g/mol. The van der Waals surface area contributed by atoms with E-state index in [1.807, 2.05) is 0 Å². The summed E-state index contributed by atoms with van der Waals surface area (Å²) < 4.78 is 10.3. The van der Waals surface area contributed by atoms with Crippen molar-refractivity contribution in [3.8, 4) is 0 Å². The van der Waals surface area contributed by atoms with Crippen LogP contribution in [0.3, 0.4) is 0 Å². The Hall–Kier alpha value is 0.400. The summed E-state index contributed by atoms with van der Waals surface area (Å²) in [7, 11) is 1.67. The summed E-state index contributed by atoms with van der Waals surface area (Å²) in [6.07, 6.45) is 2.26. The Kier molecular flexibility index (Phi) is 2.95. The summed E-state index contributed by atoms with van der Waals surface area (Å²) in [6, 6.07) is 0. The molecule has 3 heteroatoms. The van der Waals surface area contributed by atoms with Gasteiger partial charge in [0.15, 0.2) is 6.29 Å². The van der Waals surface area contributed by atoms with Gasteiger partial charge in [0.05, 0.1) is 4.83 Å². The molecule has 0 aromatic carbocycles. The maximum absolute atomic E-state index is 5.27. The lowest BCUT2D eigenvalue weighted by Crippen LogP contribution is -2.31. The van der Waals surface area contributed by atoms with Crippen LogP contribution in [0.1, 0.15) is 12.8 Å². The monoisotopic (exact) mass is 194 g/mol. The molecule has 1 fully saturated rings. The predicted molar refractivity (Wildman–Crippen MR) is 38.7 cm³/mol. The summed E-state index contributed by atoms with van der Waals surface area (Å²) in [5, 5.41) is 0. The van der Waals surface area contributed by atoms with Crippen molar-refractivity contribution >= 4 is 15.9 Å². The van der Waals surface area contributed by atoms with Crippen LogP contribution in [0.15, 0.2) is 0 Å². The average molecular weight is 195 g/mol. The van der Waals surface area contributed by atoms with Crippen LogP contribution in [0.25, 0.3) is 0 Å².